The van der Waals surface area contributed by atoms with Crippen LogP contribution in [0.5, 0.6) is 11.5 Å². The highest BCUT2D eigenvalue weighted by molar-refractivity contribution is 6.39. The zero-order valence-corrected chi connectivity index (χ0v) is 29.2. The molecule has 0 aliphatic carbocycles. The van der Waals surface area contributed by atoms with Crippen LogP contribution in [0.4, 0.5) is 16.2 Å². The monoisotopic (exact) mass is 689 g/mol. The summed E-state index contributed by atoms with van der Waals surface area (Å²) in [6, 6.07) is 37.2. The molecular weight excluding hydrogens is 651 g/mol. The lowest BCUT2D eigenvalue weighted by molar-refractivity contribution is -0.122. The lowest BCUT2D eigenvalue weighted by atomic mass is 9.76. The van der Waals surface area contributed by atoms with Gasteiger partial charge in [-0.3, -0.25) is 14.9 Å². The van der Waals surface area contributed by atoms with Gasteiger partial charge in [0.1, 0.15) is 23.7 Å². The van der Waals surface area contributed by atoms with Gasteiger partial charge in [-0.05, 0) is 77.9 Å². The number of nitrogens with zero attached hydrogens (tertiary/aromatic N) is 2. The minimum atomic E-state index is -0.777. The standard InChI is InChI=1S/C44H39N3O5/c1-28-13-15-29(16-14-28)27-52-40-26-34(51-2)18-17-32(40)23-39-42(48)45-44(50)47(43(39)49)33-24-37-35(30-9-5-3-6-10-30)19-21-46-22-20-36(38(25-33)41(37)46)31-11-7-4-8-12-31/h3-18,23-26,35-36H,19-22,27H2,1-2H3,(H,45,48,50)/b39-23+/t35-,36+. The van der Waals surface area contributed by atoms with Gasteiger partial charge in [-0.1, -0.05) is 90.5 Å². The van der Waals surface area contributed by atoms with E-state index in [0.717, 1.165) is 53.1 Å². The number of nitrogens with one attached hydrogen (secondary N) is 1. The first-order valence-corrected chi connectivity index (χ1v) is 17.7. The fourth-order valence-corrected chi connectivity index (χ4v) is 7.75. The number of anilines is 2. The van der Waals surface area contributed by atoms with Crippen LogP contribution in [-0.2, 0) is 16.2 Å². The van der Waals surface area contributed by atoms with Crippen LogP contribution in [0.1, 0.15) is 63.6 Å². The van der Waals surface area contributed by atoms with Gasteiger partial charge in [-0.2, -0.15) is 0 Å². The predicted molar refractivity (Wildman–Crippen MR) is 202 cm³/mol. The van der Waals surface area contributed by atoms with Crippen molar-refractivity contribution in [2.45, 2.75) is 38.2 Å². The minimum absolute atomic E-state index is 0.0767. The molecule has 3 aliphatic heterocycles. The summed E-state index contributed by atoms with van der Waals surface area (Å²) in [6.45, 7) is 4.13. The molecule has 260 valence electrons. The zero-order valence-electron chi connectivity index (χ0n) is 29.2. The quantitative estimate of drug-likeness (QED) is 0.131. The van der Waals surface area contributed by atoms with Crippen LogP contribution in [-0.4, -0.2) is 38.0 Å². The van der Waals surface area contributed by atoms with Crippen molar-refractivity contribution >= 4 is 35.3 Å². The number of benzene rings is 5. The molecule has 2 atom stereocenters. The first-order valence-electron chi connectivity index (χ1n) is 17.7. The van der Waals surface area contributed by atoms with Gasteiger partial charge in [0.05, 0.1) is 12.8 Å². The van der Waals surface area contributed by atoms with E-state index in [1.807, 2.05) is 79.7 Å². The van der Waals surface area contributed by atoms with Crippen molar-refractivity contribution in [3.05, 3.63) is 160 Å². The number of hydrogen-bond donors (Lipinski definition) is 1. The van der Waals surface area contributed by atoms with Gasteiger partial charge in [-0.15, -0.1) is 0 Å². The number of methoxy groups -OCH3 is 1. The third-order valence-corrected chi connectivity index (χ3v) is 10.4. The zero-order chi connectivity index (χ0) is 35.8. The Morgan fingerprint density at radius 2 is 1.38 bits per heavy atom. The molecule has 3 heterocycles. The normalized spacial score (nSPS) is 19.0. The molecule has 3 aliphatic rings. The van der Waals surface area contributed by atoms with Crippen molar-refractivity contribution in [1.82, 2.24) is 5.32 Å². The number of hydrogen-bond acceptors (Lipinski definition) is 6. The van der Waals surface area contributed by atoms with Crippen LogP contribution in [0.2, 0.25) is 0 Å². The predicted octanol–water partition coefficient (Wildman–Crippen LogP) is 8.13. The van der Waals surface area contributed by atoms with Crippen molar-refractivity contribution < 1.29 is 23.9 Å². The maximum atomic E-state index is 14.4. The van der Waals surface area contributed by atoms with E-state index in [2.05, 4.69) is 34.5 Å². The van der Waals surface area contributed by atoms with Crippen LogP contribution >= 0.6 is 0 Å². The molecule has 1 fully saturated rings. The van der Waals surface area contributed by atoms with Gasteiger partial charge in [0, 0.05) is 42.2 Å². The van der Waals surface area contributed by atoms with Crippen molar-refractivity contribution in [3.8, 4) is 11.5 Å². The Morgan fingerprint density at radius 3 is 1.98 bits per heavy atom. The average molecular weight is 690 g/mol. The van der Waals surface area contributed by atoms with Crippen molar-refractivity contribution in [2.75, 3.05) is 30.0 Å². The van der Waals surface area contributed by atoms with Crippen LogP contribution in [0.25, 0.3) is 6.08 Å². The van der Waals surface area contributed by atoms with E-state index in [1.54, 1.807) is 25.3 Å². The summed E-state index contributed by atoms with van der Waals surface area (Å²) in [6.07, 6.45) is 3.30. The SMILES string of the molecule is COc1ccc(/C=C2\C(=O)NC(=O)N(c3cc4c5c(c3)[C@H](c3ccccc3)CCN5CC[C@@H]4c3ccccc3)C2=O)c(OCc2ccc(C)cc2)c1. The summed E-state index contributed by atoms with van der Waals surface area (Å²) in [5.41, 5.74) is 8.59. The molecule has 5 aromatic rings. The molecule has 4 amide bonds. The molecule has 1 saturated heterocycles. The number of amides is 4. The van der Waals surface area contributed by atoms with Crippen molar-refractivity contribution in [3.63, 3.8) is 0 Å². The topological polar surface area (TPSA) is 88.2 Å². The summed E-state index contributed by atoms with van der Waals surface area (Å²) in [4.78, 5) is 45.1. The Kier molecular flexibility index (Phi) is 8.81. The first kappa shape index (κ1) is 33.0. The minimum Gasteiger partial charge on any atom is -0.497 e. The maximum absolute atomic E-state index is 14.4. The molecule has 0 bridgehead atoms. The van der Waals surface area contributed by atoms with E-state index < -0.39 is 17.8 Å². The number of ether oxygens (including phenoxy) is 2. The smallest absolute Gasteiger partial charge is 0.335 e. The van der Waals surface area contributed by atoms with Gasteiger partial charge in [0.25, 0.3) is 11.8 Å². The van der Waals surface area contributed by atoms with Gasteiger partial charge in [0.2, 0.25) is 0 Å². The Bertz CT molecular complexity index is 2120. The molecular formula is C44H39N3O5. The lowest BCUT2D eigenvalue weighted by Crippen LogP contribution is -2.54. The van der Waals surface area contributed by atoms with Crippen LogP contribution < -0.4 is 24.6 Å². The molecule has 0 saturated carbocycles. The molecule has 0 aromatic heterocycles. The number of barbiturate groups is 1. The largest absolute Gasteiger partial charge is 0.497 e. The van der Waals surface area contributed by atoms with Crippen molar-refractivity contribution in [2.24, 2.45) is 0 Å². The second-order valence-corrected chi connectivity index (χ2v) is 13.6. The molecule has 8 nitrogen and oxygen atoms in total. The van der Waals surface area contributed by atoms with Crippen LogP contribution in [0, 0.1) is 6.92 Å². The number of rotatable bonds is 8. The van der Waals surface area contributed by atoms with Gasteiger partial charge in [-0.25, -0.2) is 9.69 Å². The van der Waals surface area contributed by atoms with Gasteiger partial charge >= 0.3 is 6.03 Å². The number of carbonyl (C=O) groups is 3. The molecule has 52 heavy (non-hydrogen) atoms. The summed E-state index contributed by atoms with van der Waals surface area (Å²) in [5.74, 6) is -0.305. The Morgan fingerprint density at radius 1 is 0.769 bits per heavy atom. The first-order chi connectivity index (χ1) is 25.4. The third kappa shape index (κ3) is 6.21. The molecule has 5 aromatic carbocycles. The second kappa shape index (κ2) is 13.9. The molecule has 8 heteroatoms. The van der Waals surface area contributed by atoms with Gasteiger partial charge in [0.15, 0.2) is 0 Å². The Labute approximate surface area is 303 Å². The number of imide groups is 2. The Hall–Kier alpha value is -6.15. The Balaban J connectivity index is 1.21. The summed E-state index contributed by atoms with van der Waals surface area (Å²) < 4.78 is 11.7. The van der Waals surface area contributed by atoms with Gasteiger partial charge < -0.3 is 14.4 Å². The third-order valence-electron chi connectivity index (χ3n) is 10.4. The van der Waals surface area contributed by atoms with E-state index in [1.165, 1.54) is 22.9 Å². The molecule has 8 rings (SSSR count). The highest BCUT2D eigenvalue weighted by Gasteiger charge is 2.40. The van der Waals surface area contributed by atoms with E-state index >= 15 is 0 Å². The average Bonchev–Trinajstić information content (AvgIpc) is 3.17. The van der Waals surface area contributed by atoms with E-state index in [0.29, 0.717) is 22.7 Å². The maximum Gasteiger partial charge on any atom is 0.335 e. The molecule has 0 unspecified atom stereocenters. The molecule has 0 radical (unpaired) electrons. The van der Waals surface area contributed by atoms with Crippen LogP contribution in [0.3, 0.4) is 0 Å². The number of aryl methyl sites for hydroxylation is 1. The summed E-state index contributed by atoms with van der Waals surface area (Å²) >= 11 is 0. The fourth-order valence-electron chi connectivity index (χ4n) is 7.75. The molecule has 1 N–H and O–H groups in total. The highest BCUT2D eigenvalue weighted by atomic mass is 16.5. The van der Waals surface area contributed by atoms with E-state index in [9.17, 15) is 14.4 Å². The highest BCUT2D eigenvalue weighted by Crippen LogP contribution is 2.50. The van der Waals surface area contributed by atoms with E-state index in [-0.39, 0.29) is 24.0 Å². The fraction of sp³-hybridized carbons (Fsp3) is 0.205. The second-order valence-electron chi connectivity index (χ2n) is 13.6. The lowest BCUT2D eigenvalue weighted by Gasteiger charge is -2.44. The van der Waals surface area contributed by atoms with Crippen LogP contribution in [0.15, 0.2) is 121 Å². The van der Waals surface area contributed by atoms with E-state index in [4.69, 9.17) is 9.47 Å². The molecule has 0 spiro atoms. The van der Waals surface area contributed by atoms with Crippen molar-refractivity contribution in [1.29, 1.82) is 0 Å². The number of carbonyl (C=O) groups excluding carboxylic acids is 3. The number of urea groups is 1. The summed E-state index contributed by atoms with van der Waals surface area (Å²) in [7, 11) is 1.56. The summed E-state index contributed by atoms with van der Waals surface area (Å²) in [5, 5.41) is 2.44.